The second kappa shape index (κ2) is 63.0. The van der Waals surface area contributed by atoms with Crippen molar-refractivity contribution in [3.05, 3.63) is 52.6 Å². The van der Waals surface area contributed by atoms with E-state index in [1.165, 1.54) is 12.8 Å². The first-order valence-corrected chi connectivity index (χ1v) is 8.14. The van der Waals surface area contributed by atoms with Crippen molar-refractivity contribution < 1.29 is 66.3 Å². The molecule has 0 amide bonds. The molecule has 1 fully saturated rings. The smallest absolute Gasteiger partial charge is 0 e. The fourth-order valence-electron chi connectivity index (χ4n) is 2.41. The number of hydrogen-bond donors (Lipinski definition) is 0. The zero-order valence-electron chi connectivity index (χ0n) is 17.1. The minimum Gasteiger partial charge on any atom is 0 e. The molecule has 0 spiro atoms. The molecule has 172 valence electrons. The Morgan fingerprint density at radius 1 is 0.968 bits per heavy atom. The molecule has 0 bridgehead atoms. The first-order valence-electron chi connectivity index (χ1n) is 8.14. The molecule has 2 radical (unpaired) electrons. The Kier molecular flexibility index (Phi) is 105. The SMILES string of the molecule is C=CCC[C@@H]1C(=O)CCC[C@@H]1C#CCCCC.[C-]#[O+].[C-]#[O+].[C-]#[O+].[C-]#[O+].[C-]#[O+].[C-]#[O+].[Co].[Co]. The van der Waals surface area contributed by atoms with Gasteiger partial charge in [0, 0.05) is 58.2 Å². The summed E-state index contributed by atoms with van der Waals surface area (Å²) in [6.07, 6.45) is 10.0. The van der Waals surface area contributed by atoms with Crippen LogP contribution in [0.4, 0.5) is 0 Å². The van der Waals surface area contributed by atoms with E-state index in [1.54, 1.807) is 0 Å². The molecule has 0 saturated heterocycles. The number of ketones is 1. The number of carbonyl (C=O) groups is 1. The molecule has 0 heterocycles. The summed E-state index contributed by atoms with van der Waals surface area (Å²) >= 11 is 0. The maximum atomic E-state index is 11.9. The Balaban J connectivity index is -0.0000000545. The van der Waals surface area contributed by atoms with Crippen LogP contribution in [0, 0.1) is 63.6 Å². The van der Waals surface area contributed by atoms with Crippen molar-refractivity contribution >= 4 is 5.78 Å². The molecule has 9 heteroatoms. The van der Waals surface area contributed by atoms with Crippen LogP contribution >= 0.6 is 0 Å². The second-order valence-corrected chi connectivity index (χ2v) is 4.86. The standard InChI is InChI=1S/C16H24O.6CO.2Co/c1-3-5-7-8-10-14-11-9-13-16(17)15(14)12-6-4-2;6*1-2;;/h4,14-15H,2-3,5-7,9,11-13H2,1H3;;;;;;;;/t14-,15-;;;;;;;;/m0......../s1. The minimum absolute atomic E-state index is 0. The Bertz CT molecular complexity index is 503. The van der Waals surface area contributed by atoms with Gasteiger partial charge in [-0.15, -0.1) is 12.5 Å². The van der Waals surface area contributed by atoms with Gasteiger partial charge in [-0.3, -0.25) is 4.79 Å². The Morgan fingerprint density at radius 2 is 1.42 bits per heavy atom. The van der Waals surface area contributed by atoms with Crippen molar-refractivity contribution in [2.45, 2.75) is 58.3 Å². The molecule has 7 nitrogen and oxygen atoms in total. The number of Topliss-reactive ketones (excluding diaryl/α,β-unsaturated/α-hetero) is 1. The van der Waals surface area contributed by atoms with Gasteiger partial charge >= 0.3 is 67.8 Å². The maximum Gasteiger partial charge on any atom is 0 e. The molecule has 0 aromatic heterocycles. The average Bonchev–Trinajstić information content (AvgIpc) is 2.84. The average molecular weight is 518 g/mol. The Morgan fingerprint density at radius 3 is 1.81 bits per heavy atom. The third-order valence-electron chi connectivity index (χ3n) is 3.46. The zero-order valence-corrected chi connectivity index (χ0v) is 19.2. The van der Waals surface area contributed by atoms with E-state index >= 15 is 0 Å². The summed E-state index contributed by atoms with van der Waals surface area (Å²) in [6.45, 7) is 32.9. The number of rotatable bonds is 5. The van der Waals surface area contributed by atoms with Crippen LogP contribution in [0.3, 0.4) is 0 Å². The molecular weight excluding hydrogens is 494 g/mol. The predicted octanol–water partition coefficient (Wildman–Crippen LogP) is 3.90. The van der Waals surface area contributed by atoms with E-state index in [0.717, 1.165) is 38.5 Å². The van der Waals surface area contributed by atoms with Gasteiger partial charge in [-0.25, -0.2) is 0 Å². The predicted molar refractivity (Wildman–Crippen MR) is 96.1 cm³/mol. The first kappa shape index (κ1) is 51.8. The van der Waals surface area contributed by atoms with Crippen molar-refractivity contribution in [2.75, 3.05) is 0 Å². The molecule has 0 N–H and O–H groups in total. The monoisotopic (exact) mass is 518 g/mol. The van der Waals surface area contributed by atoms with Gasteiger partial charge in [0.05, 0.1) is 0 Å². The van der Waals surface area contributed by atoms with Crippen LogP contribution < -0.4 is 0 Å². The third kappa shape index (κ3) is 39.5. The minimum atomic E-state index is 0. The molecule has 1 aliphatic rings. The molecule has 0 aromatic carbocycles. The fraction of sp³-hybridized carbons (Fsp3) is 0.500. The van der Waals surface area contributed by atoms with Crippen LogP contribution in [-0.4, -0.2) is 5.78 Å². The number of unbranched alkanes of at least 4 members (excludes halogenated alkanes) is 2. The van der Waals surface area contributed by atoms with Crippen LogP contribution in [0.5, 0.6) is 0 Å². The van der Waals surface area contributed by atoms with Gasteiger partial charge < -0.3 is 0 Å². The molecule has 0 aromatic rings. The van der Waals surface area contributed by atoms with Crippen molar-refractivity contribution in [3.8, 4) is 11.8 Å². The Hall–Kier alpha value is -1.58. The van der Waals surface area contributed by atoms with Crippen LogP contribution in [-0.2, 0) is 66.3 Å². The van der Waals surface area contributed by atoms with E-state index in [4.69, 9.17) is 27.9 Å². The van der Waals surface area contributed by atoms with Gasteiger partial charge in [0.1, 0.15) is 5.78 Å². The molecule has 0 aliphatic heterocycles. The van der Waals surface area contributed by atoms with Crippen LogP contribution in [0.25, 0.3) is 0 Å². The summed E-state index contributed by atoms with van der Waals surface area (Å²) in [6, 6.07) is 0. The topological polar surface area (TPSA) is 136 Å². The van der Waals surface area contributed by atoms with Crippen molar-refractivity contribution in [2.24, 2.45) is 11.8 Å². The molecule has 2 atom stereocenters. The zero-order chi connectivity index (χ0) is 24.5. The Labute approximate surface area is 206 Å². The van der Waals surface area contributed by atoms with Crippen molar-refractivity contribution in [3.63, 3.8) is 0 Å². The van der Waals surface area contributed by atoms with Crippen LogP contribution in [0.15, 0.2) is 12.7 Å². The normalized spacial score (nSPS) is 13.5. The molecular formula is C22H24Co2O7. The number of hydrogen-bond acceptors (Lipinski definition) is 1. The van der Waals surface area contributed by atoms with Crippen LogP contribution in [0.1, 0.15) is 58.3 Å². The van der Waals surface area contributed by atoms with E-state index in [1.807, 2.05) is 6.08 Å². The molecule has 31 heavy (non-hydrogen) atoms. The van der Waals surface area contributed by atoms with Gasteiger partial charge in [-0.05, 0) is 32.1 Å². The van der Waals surface area contributed by atoms with E-state index in [9.17, 15) is 4.79 Å². The summed E-state index contributed by atoms with van der Waals surface area (Å²) in [5, 5.41) is 0. The summed E-state index contributed by atoms with van der Waals surface area (Å²) < 4.78 is 45.0. The van der Waals surface area contributed by atoms with Gasteiger partial charge in [0.15, 0.2) is 0 Å². The second-order valence-electron chi connectivity index (χ2n) is 4.86. The fourth-order valence-corrected chi connectivity index (χ4v) is 2.41. The van der Waals surface area contributed by atoms with Gasteiger partial charge in [-0.2, -0.15) is 0 Å². The van der Waals surface area contributed by atoms with E-state index in [2.05, 4.69) is 65.2 Å². The van der Waals surface area contributed by atoms with E-state index in [-0.39, 0.29) is 39.5 Å². The van der Waals surface area contributed by atoms with Crippen molar-refractivity contribution in [1.29, 1.82) is 0 Å². The first-order chi connectivity index (χ1) is 14.3. The molecule has 1 aliphatic carbocycles. The third-order valence-corrected chi connectivity index (χ3v) is 3.46. The molecule has 1 rings (SSSR count). The summed E-state index contributed by atoms with van der Waals surface area (Å²) in [5.74, 6) is 7.51. The van der Waals surface area contributed by atoms with Gasteiger partial charge in [-0.1, -0.05) is 25.3 Å². The van der Waals surface area contributed by atoms with Crippen LogP contribution in [0.2, 0.25) is 0 Å². The van der Waals surface area contributed by atoms with Gasteiger partial charge in [0.2, 0.25) is 0 Å². The number of carbonyl (C=O) groups excluding carboxylic acids is 1. The van der Waals surface area contributed by atoms with E-state index < -0.39 is 0 Å². The quantitative estimate of drug-likeness (QED) is 0.176. The molecule has 0 unspecified atom stereocenters. The molecule has 1 saturated carbocycles. The largest absolute Gasteiger partial charge is 0 e. The van der Waals surface area contributed by atoms with Gasteiger partial charge in [0.25, 0.3) is 0 Å². The number of allylic oxidation sites excluding steroid dienone is 1. The summed E-state index contributed by atoms with van der Waals surface area (Å²) in [4.78, 5) is 11.9. The summed E-state index contributed by atoms with van der Waals surface area (Å²) in [5.41, 5.74) is 0. The van der Waals surface area contributed by atoms with E-state index in [0.29, 0.717) is 11.7 Å². The van der Waals surface area contributed by atoms with Crippen molar-refractivity contribution in [1.82, 2.24) is 0 Å². The summed E-state index contributed by atoms with van der Waals surface area (Å²) in [7, 11) is 0. The maximum absolute atomic E-state index is 11.9.